The summed E-state index contributed by atoms with van der Waals surface area (Å²) in [5.41, 5.74) is 0.988. The number of amides is 1. The van der Waals surface area contributed by atoms with Gasteiger partial charge in [0.25, 0.3) is 0 Å². The average Bonchev–Trinajstić information content (AvgIpc) is 2.89. The molecule has 0 fully saturated rings. The topological polar surface area (TPSA) is 59.8 Å². The van der Waals surface area contributed by atoms with E-state index in [0.29, 0.717) is 18.0 Å². The smallest absolute Gasteiger partial charge is 0.222 e. The maximum Gasteiger partial charge on any atom is 0.222 e. The Morgan fingerprint density at radius 3 is 3.05 bits per heavy atom. The zero-order valence-corrected chi connectivity index (χ0v) is 11.3. The predicted octanol–water partition coefficient (Wildman–Crippen LogP) is 2.20. The third-order valence-corrected chi connectivity index (χ3v) is 3.00. The molecule has 1 aromatic carbocycles. The molecule has 2 aromatic rings. The quantitative estimate of drug-likeness (QED) is 0.912. The standard InChI is InChI=1S/C13H15ClN4O/c1-10(11-3-2-4-12(14)7-11)17-13(19)5-6-18-9-15-8-16-18/h2-4,7-10H,5-6H2,1H3,(H,17,19). The molecule has 0 bridgehead atoms. The molecule has 0 aliphatic heterocycles. The molecule has 1 amide bonds. The molecule has 5 nitrogen and oxygen atoms in total. The number of aromatic nitrogens is 3. The highest BCUT2D eigenvalue weighted by atomic mass is 35.5. The van der Waals surface area contributed by atoms with E-state index in [9.17, 15) is 4.79 Å². The van der Waals surface area contributed by atoms with Gasteiger partial charge in [-0.1, -0.05) is 23.7 Å². The van der Waals surface area contributed by atoms with Gasteiger partial charge in [0.2, 0.25) is 5.91 Å². The molecule has 1 N–H and O–H groups in total. The van der Waals surface area contributed by atoms with E-state index in [4.69, 9.17) is 11.6 Å². The fraction of sp³-hybridized carbons (Fsp3) is 0.308. The summed E-state index contributed by atoms with van der Waals surface area (Å²) in [6, 6.07) is 7.40. The van der Waals surface area contributed by atoms with Crippen LogP contribution in [0, 0.1) is 0 Å². The number of aryl methyl sites for hydroxylation is 1. The van der Waals surface area contributed by atoms with E-state index in [-0.39, 0.29) is 11.9 Å². The van der Waals surface area contributed by atoms with E-state index >= 15 is 0 Å². The Bertz CT molecular complexity index is 541. The minimum absolute atomic E-state index is 0.0250. The van der Waals surface area contributed by atoms with Gasteiger partial charge in [-0.2, -0.15) is 5.10 Å². The van der Waals surface area contributed by atoms with Gasteiger partial charge < -0.3 is 5.32 Å². The van der Waals surface area contributed by atoms with Gasteiger partial charge >= 0.3 is 0 Å². The predicted molar refractivity (Wildman–Crippen MR) is 72.6 cm³/mol. The second-order valence-electron chi connectivity index (χ2n) is 4.25. The first-order valence-corrected chi connectivity index (χ1v) is 6.40. The first-order chi connectivity index (χ1) is 9.15. The fourth-order valence-corrected chi connectivity index (χ4v) is 1.94. The van der Waals surface area contributed by atoms with E-state index in [1.165, 1.54) is 6.33 Å². The first-order valence-electron chi connectivity index (χ1n) is 6.02. The maximum atomic E-state index is 11.8. The summed E-state index contributed by atoms with van der Waals surface area (Å²) < 4.78 is 1.63. The number of carbonyl (C=O) groups is 1. The van der Waals surface area contributed by atoms with Crippen LogP contribution in [0.3, 0.4) is 0 Å². The SMILES string of the molecule is CC(NC(=O)CCn1cncn1)c1cccc(Cl)c1. The van der Waals surface area contributed by atoms with Crippen molar-refractivity contribution in [1.29, 1.82) is 0 Å². The number of hydrogen-bond donors (Lipinski definition) is 1. The molecule has 2 rings (SSSR count). The summed E-state index contributed by atoms with van der Waals surface area (Å²) in [6.45, 7) is 2.45. The zero-order chi connectivity index (χ0) is 13.7. The normalized spacial score (nSPS) is 12.1. The van der Waals surface area contributed by atoms with Crippen LogP contribution in [0.2, 0.25) is 5.02 Å². The molecule has 0 aliphatic carbocycles. The Morgan fingerprint density at radius 1 is 1.53 bits per heavy atom. The number of benzene rings is 1. The van der Waals surface area contributed by atoms with Crippen molar-refractivity contribution in [2.24, 2.45) is 0 Å². The van der Waals surface area contributed by atoms with Crippen LogP contribution in [-0.2, 0) is 11.3 Å². The van der Waals surface area contributed by atoms with Crippen molar-refractivity contribution in [3.63, 3.8) is 0 Å². The first kappa shape index (κ1) is 13.5. The Labute approximate surface area is 116 Å². The van der Waals surface area contributed by atoms with Gasteiger partial charge in [-0.05, 0) is 24.6 Å². The van der Waals surface area contributed by atoms with Crippen LogP contribution < -0.4 is 5.32 Å². The molecule has 19 heavy (non-hydrogen) atoms. The number of nitrogens with one attached hydrogen (secondary N) is 1. The van der Waals surface area contributed by atoms with Gasteiger partial charge in [-0.25, -0.2) is 4.98 Å². The van der Waals surface area contributed by atoms with E-state index in [1.807, 2.05) is 31.2 Å². The maximum absolute atomic E-state index is 11.8. The third kappa shape index (κ3) is 4.06. The van der Waals surface area contributed by atoms with Crippen LogP contribution in [0.15, 0.2) is 36.9 Å². The number of rotatable bonds is 5. The van der Waals surface area contributed by atoms with E-state index in [1.54, 1.807) is 11.0 Å². The summed E-state index contributed by atoms with van der Waals surface area (Å²) in [5, 5.41) is 7.54. The van der Waals surface area contributed by atoms with E-state index < -0.39 is 0 Å². The van der Waals surface area contributed by atoms with Crippen molar-refractivity contribution in [2.45, 2.75) is 25.9 Å². The minimum atomic E-state index is -0.0676. The number of carbonyl (C=O) groups excluding carboxylic acids is 1. The van der Waals surface area contributed by atoms with Crippen LogP contribution in [-0.4, -0.2) is 20.7 Å². The highest BCUT2D eigenvalue weighted by molar-refractivity contribution is 6.30. The number of nitrogens with zero attached hydrogens (tertiary/aromatic N) is 3. The molecule has 100 valence electrons. The minimum Gasteiger partial charge on any atom is -0.350 e. The van der Waals surface area contributed by atoms with Gasteiger partial charge in [0.05, 0.1) is 12.6 Å². The zero-order valence-electron chi connectivity index (χ0n) is 10.6. The van der Waals surface area contributed by atoms with Crippen molar-refractivity contribution in [3.05, 3.63) is 47.5 Å². The van der Waals surface area contributed by atoms with Crippen LogP contribution >= 0.6 is 11.6 Å². The summed E-state index contributed by atoms with van der Waals surface area (Å²) >= 11 is 5.92. The summed E-state index contributed by atoms with van der Waals surface area (Å²) in [7, 11) is 0. The van der Waals surface area contributed by atoms with Gasteiger partial charge in [0, 0.05) is 11.4 Å². The highest BCUT2D eigenvalue weighted by Crippen LogP contribution is 2.17. The van der Waals surface area contributed by atoms with Crippen molar-refractivity contribution >= 4 is 17.5 Å². The monoisotopic (exact) mass is 278 g/mol. The lowest BCUT2D eigenvalue weighted by Gasteiger charge is -2.14. The molecule has 6 heteroatoms. The lowest BCUT2D eigenvalue weighted by atomic mass is 10.1. The van der Waals surface area contributed by atoms with Gasteiger partial charge in [-0.3, -0.25) is 9.48 Å². The van der Waals surface area contributed by atoms with Gasteiger partial charge in [-0.15, -0.1) is 0 Å². The second kappa shape index (κ2) is 6.33. The molecule has 0 saturated carbocycles. The van der Waals surface area contributed by atoms with E-state index in [2.05, 4.69) is 15.4 Å². The highest BCUT2D eigenvalue weighted by Gasteiger charge is 2.09. The molecule has 1 aromatic heterocycles. The molecule has 0 radical (unpaired) electrons. The molecular weight excluding hydrogens is 264 g/mol. The molecule has 0 saturated heterocycles. The molecule has 0 aliphatic rings. The van der Waals surface area contributed by atoms with Crippen LogP contribution in [0.4, 0.5) is 0 Å². The van der Waals surface area contributed by atoms with Gasteiger partial charge in [0.15, 0.2) is 0 Å². The number of halogens is 1. The Balaban J connectivity index is 1.84. The largest absolute Gasteiger partial charge is 0.350 e. The average molecular weight is 279 g/mol. The Kier molecular flexibility index (Phi) is 4.52. The summed E-state index contributed by atoms with van der Waals surface area (Å²) in [4.78, 5) is 15.6. The summed E-state index contributed by atoms with van der Waals surface area (Å²) in [5.74, 6) is -0.0250. The van der Waals surface area contributed by atoms with Crippen molar-refractivity contribution in [3.8, 4) is 0 Å². The van der Waals surface area contributed by atoms with Crippen LogP contribution in [0.1, 0.15) is 24.9 Å². The van der Waals surface area contributed by atoms with Crippen LogP contribution in [0.25, 0.3) is 0 Å². The van der Waals surface area contributed by atoms with Crippen molar-refractivity contribution < 1.29 is 4.79 Å². The lowest BCUT2D eigenvalue weighted by molar-refractivity contribution is -0.122. The van der Waals surface area contributed by atoms with Gasteiger partial charge in [0.1, 0.15) is 12.7 Å². The molecule has 1 heterocycles. The molecule has 1 atom stereocenters. The van der Waals surface area contributed by atoms with Crippen LogP contribution in [0.5, 0.6) is 0 Å². The lowest BCUT2D eigenvalue weighted by Crippen LogP contribution is -2.27. The Morgan fingerprint density at radius 2 is 2.37 bits per heavy atom. The molecule has 0 spiro atoms. The van der Waals surface area contributed by atoms with Crippen molar-refractivity contribution in [1.82, 2.24) is 20.1 Å². The fourth-order valence-electron chi connectivity index (χ4n) is 1.74. The molecule has 1 unspecified atom stereocenters. The molecular formula is C13H15ClN4O. The third-order valence-electron chi connectivity index (χ3n) is 2.76. The van der Waals surface area contributed by atoms with Crippen molar-refractivity contribution in [2.75, 3.05) is 0 Å². The second-order valence-corrected chi connectivity index (χ2v) is 4.69. The number of hydrogen-bond acceptors (Lipinski definition) is 3. The Hall–Kier alpha value is -1.88. The van der Waals surface area contributed by atoms with E-state index in [0.717, 1.165) is 5.56 Å². The summed E-state index contributed by atoms with van der Waals surface area (Å²) in [6.07, 6.45) is 3.41.